The molecule has 1 heterocycles. The van der Waals surface area contributed by atoms with Crippen LogP contribution in [0.15, 0.2) is 0 Å². The Balaban J connectivity index is 2.18. The van der Waals surface area contributed by atoms with E-state index in [1.807, 2.05) is 6.92 Å². The molecule has 0 aromatic carbocycles. The summed E-state index contributed by atoms with van der Waals surface area (Å²) in [7, 11) is 0. The van der Waals surface area contributed by atoms with Crippen LogP contribution in [0.3, 0.4) is 0 Å². The van der Waals surface area contributed by atoms with Crippen LogP contribution in [0.25, 0.3) is 0 Å². The van der Waals surface area contributed by atoms with Gasteiger partial charge in [-0.1, -0.05) is 6.92 Å². The molecule has 0 radical (unpaired) electrons. The monoisotopic (exact) mass is 157 g/mol. The van der Waals surface area contributed by atoms with Crippen LogP contribution in [-0.2, 0) is 0 Å². The number of hydrogen-bond acceptors (Lipinski definition) is 2. The number of aliphatic hydroxyl groups excluding tert-OH is 1. The van der Waals surface area contributed by atoms with Crippen LogP contribution in [0.5, 0.6) is 0 Å². The molecule has 0 spiro atoms. The predicted octanol–water partition coefficient (Wildman–Crippen LogP) is 1.10. The zero-order chi connectivity index (χ0) is 8.43. The molecule has 1 saturated heterocycles. The fourth-order valence-electron chi connectivity index (χ4n) is 1.55. The largest absolute Gasteiger partial charge is 0.393 e. The molecule has 0 saturated carbocycles. The molecule has 1 atom stereocenters. The molecule has 1 aliphatic rings. The highest BCUT2D eigenvalue weighted by Gasteiger charge is 2.32. The minimum Gasteiger partial charge on any atom is -0.393 e. The van der Waals surface area contributed by atoms with Gasteiger partial charge in [0.2, 0.25) is 0 Å². The van der Waals surface area contributed by atoms with Crippen molar-refractivity contribution in [3.05, 3.63) is 0 Å². The molecule has 11 heavy (non-hydrogen) atoms. The van der Waals surface area contributed by atoms with E-state index in [2.05, 4.69) is 18.7 Å². The van der Waals surface area contributed by atoms with Crippen molar-refractivity contribution in [2.24, 2.45) is 5.92 Å². The number of likely N-dealkylation sites (tertiary alicyclic amines) is 1. The summed E-state index contributed by atoms with van der Waals surface area (Å²) < 4.78 is 0. The summed E-state index contributed by atoms with van der Waals surface area (Å²) in [5.74, 6) is 0.544. The lowest BCUT2D eigenvalue weighted by molar-refractivity contribution is -0.0204. The summed E-state index contributed by atoms with van der Waals surface area (Å²) in [6.45, 7) is 8.63. The summed E-state index contributed by atoms with van der Waals surface area (Å²) >= 11 is 0. The second kappa shape index (κ2) is 3.55. The van der Waals surface area contributed by atoms with Gasteiger partial charge in [-0.3, -0.25) is 0 Å². The molecule has 1 fully saturated rings. The first-order chi connectivity index (χ1) is 5.15. The Labute approximate surface area is 69.2 Å². The Bertz CT molecular complexity index is 119. The first-order valence-corrected chi connectivity index (χ1v) is 4.57. The van der Waals surface area contributed by atoms with Gasteiger partial charge in [0.1, 0.15) is 0 Å². The normalized spacial score (nSPS) is 23.7. The first-order valence-electron chi connectivity index (χ1n) is 4.57. The van der Waals surface area contributed by atoms with E-state index in [0.717, 1.165) is 19.5 Å². The topological polar surface area (TPSA) is 23.5 Å². The standard InChI is InChI=1S/C9H19NO/c1-4-9(11)8-5-10(6-8)7(2)3/h7-9,11H,4-6H2,1-3H3. The van der Waals surface area contributed by atoms with Gasteiger partial charge in [-0.15, -0.1) is 0 Å². The van der Waals surface area contributed by atoms with Crippen LogP contribution in [0.4, 0.5) is 0 Å². The number of rotatable bonds is 3. The van der Waals surface area contributed by atoms with Crippen LogP contribution in [0, 0.1) is 5.92 Å². The summed E-state index contributed by atoms with van der Waals surface area (Å²) in [5.41, 5.74) is 0. The fourth-order valence-corrected chi connectivity index (χ4v) is 1.55. The van der Waals surface area contributed by atoms with E-state index < -0.39 is 0 Å². The SMILES string of the molecule is CCC(O)C1CN(C(C)C)C1. The van der Waals surface area contributed by atoms with Crippen LogP contribution >= 0.6 is 0 Å². The minimum absolute atomic E-state index is 0.0648. The Kier molecular flexibility index (Phi) is 2.90. The van der Waals surface area contributed by atoms with Gasteiger partial charge in [-0.2, -0.15) is 0 Å². The molecule has 1 aliphatic heterocycles. The zero-order valence-corrected chi connectivity index (χ0v) is 7.75. The average molecular weight is 157 g/mol. The van der Waals surface area contributed by atoms with E-state index in [1.165, 1.54) is 0 Å². The minimum atomic E-state index is -0.0648. The van der Waals surface area contributed by atoms with Crippen LogP contribution < -0.4 is 0 Å². The molecular weight excluding hydrogens is 138 g/mol. The number of nitrogens with zero attached hydrogens (tertiary/aromatic N) is 1. The molecule has 1 N–H and O–H groups in total. The third-order valence-electron chi connectivity index (χ3n) is 2.63. The highest BCUT2D eigenvalue weighted by atomic mass is 16.3. The lowest BCUT2D eigenvalue weighted by Gasteiger charge is -2.44. The third kappa shape index (κ3) is 1.94. The van der Waals surface area contributed by atoms with Crippen molar-refractivity contribution in [2.45, 2.75) is 39.3 Å². The highest BCUT2D eigenvalue weighted by Crippen LogP contribution is 2.22. The molecule has 66 valence electrons. The second-order valence-corrected chi connectivity index (χ2v) is 3.78. The van der Waals surface area contributed by atoms with Gasteiger partial charge in [0.05, 0.1) is 6.10 Å². The van der Waals surface area contributed by atoms with Gasteiger partial charge < -0.3 is 10.0 Å². The maximum Gasteiger partial charge on any atom is 0.0590 e. The van der Waals surface area contributed by atoms with Crippen molar-refractivity contribution in [1.29, 1.82) is 0 Å². The molecule has 0 aliphatic carbocycles. The van der Waals surface area contributed by atoms with Gasteiger partial charge in [0, 0.05) is 25.0 Å². The van der Waals surface area contributed by atoms with Crippen molar-refractivity contribution in [2.75, 3.05) is 13.1 Å². The van der Waals surface area contributed by atoms with Gasteiger partial charge in [0.25, 0.3) is 0 Å². The summed E-state index contributed by atoms with van der Waals surface area (Å²) in [6, 6.07) is 0.648. The summed E-state index contributed by atoms with van der Waals surface area (Å²) in [5, 5.41) is 9.45. The maximum absolute atomic E-state index is 9.45. The molecule has 2 nitrogen and oxygen atoms in total. The van der Waals surface area contributed by atoms with Crippen molar-refractivity contribution < 1.29 is 5.11 Å². The molecule has 0 aromatic heterocycles. The first kappa shape index (κ1) is 9.01. The summed E-state index contributed by atoms with van der Waals surface area (Å²) in [6.07, 6.45) is 0.835. The number of hydrogen-bond donors (Lipinski definition) is 1. The molecule has 0 amide bonds. The van der Waals surface area contributed by atoms with Gasteiger partial charge in [0.15, 0.2) is 0 Å². The smallest absolute Gasteiger partial charge is 0.0590 e. The Morgan fingerprint density at radius 2 is 2.00 bits per heavy atom. The van der Waals surface area contributed by atoms with Crippen LogP contribution in [0.2, 0.25) is 0 Å². The van der Waals surface area contributed by atoms with Crippen molar-refractivity contribution >= 4 is 0 Å². The van der Waals surface area contributed by atoms with E-state index in [9.17, 15) is 5.11 Å². The lowest BCUT2D eigenvalue weighted by Crippen LogP contribution is -2.54. The third-order valence-corrected chi connectivity index (χ3v) is 2.63. The van der Waals surface area contributed by atoms with Crippen molar-refractivity contribution in [3.8, 4) is 0 Å². The van der Waals surface area contributed by atoms with E-state index in [0.29, 0.717) is 12.0 Å². The van der Waals surface area contributed by atoms with Crippen molar-refractivity contribution in [1.82, 2.24) is 4.90 Å². The zero-order valence-electron chi connectivity index (χ0n) is 7.75. The highest BCUT2D eigenvalue weighted by molar-refractivity contribution is 4.85. The Morgan fingerprint density at radius 3 is 2.36 bits per heavy atom. The molecule has 1 rings (SSSR count). The fraction of sp³-hybridized carbons (Fsp3) is 1.00. The van der Waals surface area contributed by atoms with Gasteiger partial charge in [-0.05, 0) is 20.3 Å². The predicted molar refractivity (Wildman–Crippen MR) is 46.5 cm³/mol. The second-order valence-electron chi connectivity index (χ2n) is 3.78. The van der Waals surface area contributed by atoms with E-state index in [-0.39, 0.29) is 6.10 Å². The van der Waals surface area contributed by atoms with E-state index in [1.54, 1.807) is 0 Å². The maximum atomic E-state index is 9.45. The van der Waals surface area contributed by atoms with Crippen LogP contribution in [0.1, 0.15) is 27.2 Å². The molecule has 0 bridgehead atoms. The molecule has 1 unspecified atom stereocenters. The molecular formula is C9H19NO. The molecule has 0 aromatic rings. The summed E-state index contributed by atoms with van der Waals surface area (Å²) in [4.78, 5) is 2.39. The van der Waals surface area contributed by atoms with Crippen molar-refractivity contribution in [3.63, 3.8) is 0 Å². The Hall–Kier alpha value is -0.0800. The van der Waals surface area contributed by atoms with E-state index in [4.69, 9.17) is 0 Å². The lowest BCUT2D eigenvalue weighted by atomic mass is 9.91. The van der Waals surface area contributed by atoms with Gasteiger partial charge in [-0.25, -0.2) is 0 Å². The van der Waals surface area contributed by atoms with Gasteiger partial charge >= 0.3 is 0 Å². The van der Waals surface area contributed by atoms with E-state index >= 15 is 0 Å². The molecule has 2 heteroatoms. The van der Waals surface area contributed by atoms with Crippen LogP contribution in [-0.4, -0.2) is 35.2 Å². The average Bonchev–Trinajstić information content (AvgIpc) is 1.83. The Morgan fingerprint density at radius 1 is 1.45 bits per heavy atom. The quantitative estimate of drug-likeness (QED) is 0.663. The number of aliphatic hydroxyl groups is 1.